The van der Waals surface area contributed by atoms with Crippen molar-refractivity contribution in [2.45, 2.75) is 25.9 Å². The topological polar surface area (TPSA) is 71.1 Å². The van der Waals surface area contributed by atoms with Crippen LogP contribution in [0.4, 0.5) is 0 Å². The van der Waals surface area contributed by atoms with Gasteiger partial charge in [0, 0.05) is 0 Å². The molecule has 0 radical (unpaired) electrons. The first-order valence-electron chi connectivity index (χ1n) is 10.00. The van der Waals surface area contributed by atoms with E-state index in [1.54, 1.807) is 21.0 Å². The summed E-state index contributed by atoms with van der Waals surface area (Å²) in [6.07, 6.45) is 0.397. The van der Waals surface area contributed by atoms with Crippen LogP contribution >= 0.6 is 0 Å². The number of benzene rings is 2. The molecule has 2 aromatic rings. The number of ether oxygens (including phenoxy) is 4. The number of rotatable bonds is 7. The Morgan fingerprint density at radius 1 is 0.900 bits per heavy atom. The Morgan fingerprint density at radius 2 is 1.47 bits per heavy atom. The van der Waals surface area contributed by atoms with Gasteiger partial charge in [0.1, 0.15) is 5.75 Å². The second-order valence-corrected chi connectivity index (χ2v) is 6.67. The van der Waals surface area contributed by atoms with E-state index in [1.165, 1.54) is 0 Å². The van der Waals surface area contributed by atoms with E-state index in [2.05, 4.69) is 0 Å². The molecular weight excluding hydrogens is 384 g/mol. The zero-order valence-electron chi connectivity index (χ0n) is 17.5. The first-order valence-corrected chi connectivity index (χ1v) is 10.00. The minimum absolute atomic E-state index is 0.125. The lowest BCUT2D eigenvalue weighted by atomic mass is 9.83. The summed E-state index contributed by atoms with van der Waals surface area (Å²) in [7, 11) is 1.60. The molecule has 0 bridgehead atoms. The zero-order chi connectivity index (χ0) is 21.6. The predicted molar refractivity (Wildman–Crippen MR) is 112 cm³/mol. The molecule has 2 aromatic carbocycles. The maximum Gasteiger partial charge on any atom is 0.354 e. The van der Waals surface area contributed by atoms with E-state index < -0.39 is 17.5 Å². The Morgan fingerprint density at radius 3 is 2.00 bits per heavy atom. The SMILES string of the molecule is CCOC(=O)C1(C(=O)OCC)OCC/C1=C(/c1ccccc1)c1ccc(OC)cc1. The third-order valence-electron chi connectivity index (χ3n) is 4.96. The van der Waals surface area contributed by atoms with Gasteiger partial charge in [-0.05, 0) is 54.7 Å². The van der Waals surface area contributed by atoms with Crippen molar-refractivity contribution < 1.29 is 28.5 Å². The van der Waals surface area contributed by atoms with Gasteiger partial charge < -0.3 is 18.9 Å². The molecule has 3 rings (SSSR count). The van der Waals surface area contributed by atoms with Crippen LogP contribution in [-0.2, 0) is 23.8 Å². The molecular formula is C24H26O6. The van der Waals surface area contributed by atoms with Crippen LogP contribution in [0, 0.1) is 0 Å². The van der Waals surface area contributed by atoms with Crippen molar-refractivity contribution in [2.75, 3.05) is 26.9 Å². The standard InChI is InChI=1S/C24H26O6/c1-4-28-22(25)24(23(26)29-5-2)20(15-16-30-24)21(17-9-7-6-8-10-17)18-11-13-19(27-3)14-12-18/h6-14H,4-5,15-16H2,1-3H3/b21-20+. The van der Waals surface area contributed by atoms with Crippen molar-refractivity contribution >= 4 is 17.5 Å². The van der Waals surface area contributed by atoms with Crippen LogP contribution in [0.3, 0.4) is 0 Å². The van der Waals surface area contributed by atoms with Gasteiger partial charge in [-0.15, -0.1) is 0 Å². The van der Waals surface area contributed by atoms with Crippen LogP contribution in [0.2, 0.25) is 0 Å². The van der Waals surface area contributed by atoms with E-state index in [0.717, 1.165) is 16.7 Å². The molecule has 0 amide bonds. The summed E-state index contributed by atoms with van der Waals surface area (Å²) in [4.78, 5) is 26.1. The third-order valence-corrected chi connectivity index (χ3v) is 4.96. The van der Waals surface area contributed by atoms with Gasteiger partial charge in [-0.2, -0.15) is 0 Å². The van der Waals surface area contributed by atoms with E-state index in [4.69, 9.17) is 18.9 Å². The normalized spacial score (nSPS) is 16.6. The molecule has 1 aliphatic rings. The molecule has 0 atom stereocenters. The smallest absolute Gasteiger partial charge is 0.354 e. The highest BCUT2D eigenvalue weighted by Crippen LogP contribution is 2.42. The van der Waals surface area contributed by atoms with Crippen molar-refractivity contribution in [1.82, 2.24) is 0 Å². The fourth-order valence-corrected chi connectivity index (χ4v) is 3.66. The van der Waals surface area contributed by atoms with Crippen molar-refractivity contribution in [3.05, 3.63) is 71.3 Å². The van der Waals surface area contributed by atoms with Crippen LogP contribution in [0.25, 0.3) is 5.57 Å². The lowest BCUT2D eigenvalue weighted by Gasteiger charge is -2.27. The Bertz CT molecular complexity index is 896. The highest BCUT2D eigenvalue weighted by Gasteiger charge is 2.57. The lowest BCUT2D eigenvalue weighted by Crippen LogP contribution is -2.50. The monoisotopic (exact) mass is 410 g/mol. The van der Waals surface area contributed by atoms with Crippen molar-refractivity contribution in [2.24, 2.45) is 0 Å². The molecule has 6 heteroatoms. The molecule has 1 heterocycles. The predicted octanol–water partition coefficient (Wildman–Crippen LogP) is 3.78. The molecule has 0 aromatic heterocycles. The lowest BCUT2D eigenvalue weighted by molar-refractivity contribution is -0.180. The summed E-state index contributed by atoms with van der Waals surface area (Å²) in [6, 6.07) is 17.1. The first kappa shape index (κ1) is 21.6. The fourth-order valence-electron chi connectivity index (χ4n) is 3.66. The van der Waals surface area contributed by atoms with Crippen molar-refractivity contribution in [3.63, 3.8) is 0 Å². The maximum absolute atomic E-state index is 13.1. The molecule has 0 spiro atoms. The summed E-state index contributed by atoms with van der Waals surface area (Å²) in [5, 5.41) is 0. The van der Waals surface area contributed by atoms with E-state index in [0.29, 0.717) is 17.7 Å². The zero-order valence-corrected chi connectivity index (χ0v) is 17.5. The number of hydrogen-bond acceptors (Lipinski definition) is 6. The average Bonchev–Trinajstić information content (AvgIpc) is 3.21. The summed E-state index contributed by atoms with van der Waals surface area (Å²) >= 11 is 0. The minimum atomic E-state index is -1.92. The van der Waals surface area contributed by atoms with Crippen LogP contribution in [0.1, 0.15) is 31.4 Å². The Hall–Kier alpha value is -3.12. The largest absolute Gasteiger partial charge is 0.497 e. The van der Waals surface area contributed by atoms with Gasteiger partial charge in [0.25, 0.3) is 5.60 Å². The molecule has 0 unspecified atom stereocenters. The van der Waals surface area contributed by atoms with Crippen LogP contribution in [0.5, 0.6) is 5.75 Å². The highest BCUT2D eigenvalue weighted by molar-refractivity contribution is 6.10. The van der Waals surface area contributed by atoms with Crippen molar-refractivity contribution in [1.29, 1.82) is 0 Å². The summed E-state index contributed by atoms with van der Waals surface area (Å²) < 4.78 is 21.6. The molecule has 1 aliphatic heterocycles. The molecule has 30 heavy (non-hydrogen) atoms. The van der Waals surface area contributed by atoms with Gasteiger partial charge in [0.15, 0.2) is 0 Å². The van der Waals surface area contributed by atoms with Gasteiger partial charge >= 0.3 is 11.9 Å². The van der Waals surface area contributed by atoms with Gasteiger partial charge in [-0.1, -0.05) is 42.5 Å². The van der Waals surface area contributed by atoms with E-state index >= 15 is 0 Å². The third kappa shape index (κ3) is 3.96. The number of carbonyl (C=O) groups is 2. The minimum Gasteiger partial charge on any atom is -0.497 e. The van der Waals surface area contributed by atoms with Gasteiger partial charge in [0.2, 0.25) is 0 Å². The molecule has 6 nitrogen and oxygen atoms in total. The van der Waals surface area contributed by atoms with E-state index in [1.807, 2.05) is 54.6 Å². The molecule has 158 valence electrons. The molecule has 0 saturated carbocycles. The van der Waals surface area contributed by atoms with E-state index in [-0.39, 0.29) is 19.8 Å². The van der Waals surface area contributed by atoms with Crippen LogP contribution < -0.4 is 4.74 Å². The number of esters is 2. The number of hydrogen-bond donors (Lipinski definition) is 0. The van der Waals surface area contributed by atoms with Crippen molar-refractivity contribution in [3.8, 4) is 5.75 Å². The van der Waals surface area contributed by atoms with Crippen LogP contribution in [-0.4, -0.2) is 44.5 Å². The quantitative estimate of drug-likeness (QED) is 0.511. The molecule has 1 saturated heterocycles. The van der Waals surface area contributed by atoms with Gasteiger partial charge in [0.05, 0.1) is 26.9 Å². The second-order valence-electron chi connectivity index (χ2n) is 6.67. The summed E-state index contributed by atoms with van der Waals surface area (Å²) in [5.74, 6) is -0.795. The summed E-state index contributed by atoms with van der Waals surface area (Å²) in [6.45, 7) is 3.84. The molecule has 0 aliphatic carbocycles. The van der Waals surface area contributed by atoms with Gasteiger partial charge in [-0.25, -0.2) is 9.59 Å². The fraction of sp³-hybridized carbons (Fsp3) is 0.333. The Kier molecular flexibility index (Phi) is 6.90. The average molecular weight is 410 g/mol. The number of carbonyl (C=O) groups excluding carboxylic acids is 2. The Labute approximate surface area is 176 Å². The summed E-state index contributed by atoms with van der Waals surface area (Å²) in [5.41, 5.74) is 1.06. The van der Waals surface area contributed by atoms with Crippen LogP contribution in [0.15, 0.2) is 60.2 Å². The molecule has 1 fully saturated rings. The molecule has 0 N–H and O–H groups in total. The maximum atomic E-state index is 13.1. The van der Waals surface area contributed by atoms with Gasteiger partial charge in [-0.3, -0.25) is 0 Å². The number of methoxy groups -OCH3 is 1. The van der Waals surface area contributed by atoms with E-state index in [9.17, 15) is 9.59 Å². The Balaban J connectivity index is 2.28. The second kappa shape index (κ2) is 9.59. The first-order chi connectivity index (χ1) is 14.6. The highest BCUT2D eigenvalue weighted by atomic mass is 16.6.